The molecule has 10 heteroatoms. The van der Waals surface area contributed by atoms with Gasteiger partial charge in [-0.1, -0.05) is 18.2 Å². The third-order valence-corrected chi connectivity index (χ3v) is 4.67. The summed E-state index contributed by atoms with van der Waals surface area (Å²) in [5, 5.41) is 5.16. The minimum Gasteiger partial charge on any atom is -0.457 e. The highest BCUT2D eigenvalue weighted by molar-refractivity contribution is 5.94. The van der Waals surface area contributed by atoms with Gasteiger partial charge in [-0.15, -0.1) is 0 Å². The van der Waals surface area contributed by atoms with Crippen molar-refractivity contribution in [1.29, 1.82) is 0 Å². The van der Waals surface area contributed by atoms with Gasteiger partial charge in [-0.25, -0.2) is 4.79 Å². The van der Waals surface area contributed by atoms with E-state index >= 15 is 0 Å². The van der Waals surface area contributed by atoms with Crippen molar-refractivity contribution in [3.8, 4) is 11.5 Å². The molecule has 0 atom stereocenters. The molecule has 0 saturated heterocycles. The second-order valence-electron chi connectivity index (χ2n) is 7.16. The number of alkyl carbamates (subject to hydrolysis) is 1. The second kappa shape index (κ2) is 11.2. The van der Waals surface area contributed by atoms with Gasteiger partial charge >= 0.3 is 12.3 Å². The van der Waals surface area contributed by atoms with Crippen molar-refractivity contribution < 1.29 is 32.2 Å². The van der Waals surface area contributed by atoms with E-state index in [9.17, 15) is 22.8 Å². The predicted octanol–water partition coefficient (Wildman–Crippen LogP) is 4.72. The molecule has 3 rings (SSSR count). The molecule has 0 fully saturated rings. The van der Waals surface area contributed by atoms with Crippen LogP contribution in [0.2, 0.25) is 0 Å². The van der Waals surface area contributed by atoms with Crippen molar-refractivity contribution in [3.63, 3.8) is 0 Å². The van der Waals surface area contributed by atoms with Crippen molar-refractivity contribution >= 4 is 12.0 Å². The highest BCUT2D eigenvalue weighted by Crippen LogP contribution is 2.29. The molecule has 0 aliphatic rings. The first-order valence-corrected chi connectivity index (χ1v) is 10.2. The predicted molar refractivity (Wildman–Crippen MR) is 117 cm³/mol. The number of nitrogens with one attached hydrogen (secondary N) is 2. The summed E-state index contributed by atoms with van der Waals surface area (Å²) in [6.07, 6.45) is -3.07. The fourth-order valence-corrected chi connectivity index (χ4v) is 3.01. The zero-order valence-corrected chi connectivity index (χ0v) is 18.2. The lowest BCUT2D eigenvalue weighted by molar-refractivity contribution is -0.137. The number of pyridine rings is 1. The molecule has 0 saturated carbocycles. The van der Waals surface area contributed by atoms with E-state index in [1.807, 2.05) is 6.07 Å². The summed E-state index contributed by atoms with van der Waals surface area (Å²) in [5.41, 5.74) is 0.521. The Labute approximate surface area is 193 Å². The smallest absolute Gasteiger partial charge is 0.416 e. The molecule has 0 spiro atoms. The number of methoxy groups -OCH3 is 1. The molecule has 0 unspecified atom stereocenters. The first-order chi connectivity index (χ1) is 16.2. The number of carbonyl (C=O) groups is 2. The lowest BCUT2D eigenvalue weighted by Gasteiger charge is -2.11. The number of ether oxygens (including phenoxy) is 2. The lowest BCUT2D eigenvalue weighted by atomic mass is 10.1. The summed E-state index contributed by atoms with van der Waals surface area (Å²) >= 11 is 0. The maximum absolute atomic E-state index is 12.8. The lowest BCUT2D eigenvalue weighted by Crippen LogP contribution is -2.26. The molecule has 1 heterocycles. The Bertz CT molecular complexity index is 1150. The van der Waals surface area contributed by atoms with Crippen LogP contribution in [0.25, 0.3) is 0 Å². The normalized spacial score (nSPS) is 10.9. The van der Waals surface area contributed by atoms with Gasteiger partial charge < -0.3 is 20.1 Å². The molecule has 3 aromatic rings. The molecule has 2 amide bonds. The van der Waals surface area contributed by atoms with Crippen molar-refractivity contribution in [2.45, 2.75) is 19.1 Å². The summed E-state index contributed by atoms with van der Waals surface area (Å²) < 4.78 is 48.9. The van der Waals surface area contributed by atoms with Crippen LogP contribution in [0.1, 0.15) is 27.2 Å². The Morgan fingerprint density at radius 1 is 0.971 bits per heavy atom. The molecule has 0 aliphatic heterocycles. The van der Waals surface area contributed by atoms with Crippen LogP contribution >= 0.6 is 0 Å². The molecular formula is C24H22F3N3O4. The number of hydrogen-bond donors (Lipinski definition) is 2. The standard InChI is InChI=1S/C24H22F3N3O4/c1-33-23(32)30-15-19-14-21(9-11-28-19)34-20-7-2-4-16(12-20)8-10-29-22(31)17-5-3-6-18(13-17)24(25,26)27/h2-7,9,11-14H,8,10,15H2,1H3,(H,29,31)(H,30,32). The Kier molecular flexibility index (Phi) is 8.07. The van der Waals surface area contributed by atoms with E-state index in [1.54, 1.807) is 36.5 Å². The number of rotatable bonds is 8. The average Bonchev–Trinajstić information content (AvgIpc) is 2.82. The number of halogens is 3. The van der Waals surface area contributed by atoms with E-state index in [1.165, 1.54) is 19.2 Å². The van der Waals surface area contributed by atoms with Gasteiger partial charge in [-0.05, 0) is 48.4 Å². The van der Waals surface area contributed by atoms with Gasteiger partial charge in [0.1, 0.15) is 11.5 Å². The Balaban J connectivity index is 1.55. The van der Waals surface area contributed by atoms with Gasteiger partial charge in [0.2, 0.25) is 0 Å². The highest BCUT2D eigenvalue weighted by atomic mass is 19.4. The first kappa shape index (κ1) is 24.6. The second-order valence-corrected chi connectivity index (χ2v) is 7.16. The van der Waals surface area contributed by atoms with E-state index in [0.29, 0.717) is 23.6 Å². The minimum atomic E-state index is -4.51. The van der Waals surface area contributed by atoms with Gasteiger partial charge in [0.05, 0.1) is 24.9 Å². The summed E-state index contributed by atoms with van der Waals surface area (Å²) in [4.78, 5) is 27.6. The van der Waals surface area contributed by atoms with E-state index in [-0.39, 0.29) is 18.7 Å². The first-order valence-electron chi connectivity index (χ1n) is 10.2. The third kappa shape index (κ3) is 7.22. The van der Waals surface area contributed by atoms with Gasteiger partial charge in [0, 0.05) is 24.4 Å². The number of carbonyl (C=O) groups excluding carboxylic acids is 2. The number of aromatic nitrogens is 1. The van der Waals surface area contributed by atoms with Gasteiger partial charge in [0.15, 0.2) is 0 Å². The summed E-state index contributed by atoms with van der Waals surface area (Å²) in [5.74, 6) is 0.495. The average molecular weight is 473 g/mol. The molecular weight excluding hydrogens is 451 g/mol. The zero-order valence-electron chi connectivity index (χ0n) is 18.2. The van der Waals surface area contributed by atoms with Gasteiger partial charge in [-0.3, -0.25) is 9.78 Å². The Morgan fingerprint density at radius 3 is 2.50 bits per heavy atom. The van der Waals surface area contributed by atoms with E-state index in [4.69, 9.17) is 4.74 Å². The number of amides is 2. The zero-order chi connectivity index (χ0) is 24.6. The Hall–Kier alpha value is -4.08. The SMILES string of the molecule is COC(=O)NCc1cc(Oc2cccc(CCNC(=O)c3cccc(C(F)(F)F)c3)c2)ccn1. The number of hydrogen-bond acceptors (Lipinski definition) is 5. The summed E-state index contributed by atoms with van der Waals surface area (Å²) in [6.45, 7) is 0.409. The Morgan fingerprint density at radius 2 is 1.74 bits per heavy atom. The van der Waals surface area contributed by atoms with Crippen LogP contribution < -0.4 is 15.4 Å². The van der Waals surface area contributed by atoms with Gasteiger partial charge in [0.25, 0.3) is 5.91 Å². The molecule has 2 aromatic carbocycles. The number of benzene rings is 2. The summed E-state index contributed by atoms with van der Waals surface area (Å²) in [6, 6.07) is 14.8. The van der Waals surface area contributed by atoms with Crippen LogP contribution in [-0.4, -0.2) is 30.6 Å². The van der Waals surface area contributed by atoms with Crippen molar-refractivity contribution in [2.75, 3.05) is 13.7 Å². The highest BCUT2D eigenvalue weighted by Gasteiger charge is 2.30. The van der Waals surface area contributed by atoms with Crippen molar-refractivity contribution in [2.24, 2.45) is 0 Å². The number of nitrogens with zero attached hydrogens (tertiary/aromatic N) is 1. The van der Waals surface area contributed by atoms with Crippen LogP contribution in [0.15, 0.2) is 66.9 Å². The number of alkyl halides is 3. The van der Waals surface area contributed by atoms with Crippen LogP contribution in [-0.2, 0) is 23.9 Å². The summed E-state index contributed by atoms with van der Waals surface area (Å²) in [7, 11) is 1.27. The van der Waals surface area contributed by atoms with Crippen LogP contribution in [0.3, 0.4) is 0 Å². The molecule has 0 aliphatic carbocycles. The van der Waals surface area contributed by atoms with Crippen LogP contribution in [0.5, 0.6) is 11.5 Å². The molecule has 34 heavy (non-hydrogen) atoms. The third-order valence-electron chi connectivity index (χ3n) is 4.67. The fraction of sp³-hybridized carbons (Fsp3) is 0.208. The molecule has 2 N–H and O–H groups in total. The van der Waals surface area contributed by atoms with Crippen molar-refractivity contribution in [3.05, 3.63) is 89.2 Å². The van der Waals surface area contributed by atoms with E-state index < -0.39 is 23.7 Å². The van der Waals surface area contributed by atoms with Crippen molar-refractivity contribution in [1.82, 2.24) is 15.6 Å². The largest absolute Gasteiger partial charge is 0.457 e. The molecule has 1 aromatic heterocycles. The van der Waals surface area contributed by atoms with E-state index in [2.05, 4.69) is 20.4 Å². The van der Waals surface area contributed by atoms with Crippen LogP contribution in [0, 0.1) is 0 Å². The van der Waals surface area contributed by atoms with Crippen LogP contribution in [0.4, 0.5) is 18.0 Å². The maximum Gasteiger partial charge on any atom is 0.416 e. The van der Waals surface area contributed by atoms with E-state index in [0.717, 1.165) is 17.7 Å². The molecule has 0 bridgehead atoms. The molecule has 0 radical (unpaired) electrons. The quantitative estimate of drug-likeness (QED) is 0.494. The molecule has 178 valence electrons. The topological polar surface area (TPSA) is 89.5 Å². The fourth-order valence-electron chi connectivity index (χ4n) is 3.01. The van der Waals surface area contributed by atoms with Gasteiger partial charge in [-0.2, -0.15) is 13.2 Å². The molecule has 7 nitrogen and oxygen atoms in total. The minimum absolute atomic E-state index is 0.0536. The monoisotopic (exact) mass is 473 g/mol. The maximum atomic E-state index is 12.8.